The van der Waals surface area contributed by atoms with Crippen LogP contribution in [0.4, 0.5) is 0 Å². The standard InChI is InChI=1S/C18H25N3O4S/c1-9(2)21(10(3)4)16(22)12(6)25-18(24)14-11(5)13-15(26-14)19-8-20(7)17(13)23/h8-10,12H,1-7H3. The molecule has 2 aromatic rings. The van der Waals surface area contributed by atoms with E-state index in [2.05, 4.69) is 4.98 Å². The van der Waals surface area contributed by atoms with Gasteiger partial charge in [-0.25, -0.2) is 9.78 Å². The van der Waals surface area contributed by atoms with Crippen molar-refractivity contribution in [2.24, 2.45) is 7.05 Å². The molecule has 0 N–H and O–H groups in total. The molecular formula is C18H25N3O4S. The number of amides is 1. The van der Waals surface area contributed by atoms with E-state index >= 15 is 0 Å². The highest BCUT2D eigenvalue weighted by Crippen LogP contribution is 2.27. The number of aromatic nitrogens is 2. The molecule has 26 heavy (non-hydrogen) atoms. The first-order chi connectivity index (χ1) is 12.1. The van der Waals surface area contributed by atoms with E-state index in [0.717, 1.165) is 11.3 Å². The summed E-state index contributed by atoms with van der Waals surface area (Å²) in [5.74, 6) is -0.850. The van der Waals surface area contributed by atoms with Gasteiger partial charge in [-0.2, -0.15) is 0 Å². The topological polar surface area (TPSA) is 81.5 Å². The number of rotatable bonds is 5. The molecule has 0 saturated carbocycles. The van der Waals surface area contributed by atoms with Gasteiger partial charge in [-0.1, -0.05) is 0 Å². The van der Waals surface area contributed by atoms with Crippen LogP contribution in [0.15, 0.2) is 11.1 Å². The highest BCUT2D eigenvalue weighted by atomic mass is 32.1. The van der Waals surface area contributed by atoms with Gasteiger partial charge in [0.15, 0.2) is 6.10 Å². The summed E-state index contributed by atoms with van der Waals surface area (Å²) < 4.78 is 6.77. The van der Waals surface area contributed by atoms with Gasteiger partial charge in [-0.05, 0) is 47.1 Å². The van der Waals surface area contributed by atoms with Crippen molar-refractivity contribution < 1.29 is 14.3 Å². The molecular weight excluding hydrogens is 354 g/mol. The number of ether oxygens (including phenoxy) is 1. The summed E-state index contributed by atoms with van der Waals surface area (Å²) in [6, 6.07) is 0.00358. The number of carbonyl (C=O) groups is 2. The SMILES string of the molecule is Cc1c(C(=O)OC(C)C(=O)N(C(C)C)C(C)C)sc2ncn(C)c(=O)c12. The van der Waals surface area contributed by atoms with E-state index in [4.69, 9.17) is 4.74 Å². The van der Waals surface area contributed by atoms with Crippen LogP contribution in [0, 0.1) is 6.92 Å². The highest BCUT2D eigenvalue weighted by Gasteiger charge is 2.29. The third-order valence-electron chi connectivity index (χ3n) is 4.19. The minimum absolute atomic E-state index is 0.00179. The zero-order valence-electron chi connectivity index (χ0n) is 16.2. The maximum Gasteiger partial charge on any atom is 0.349 e. The Morgan fingerprint density at radius 2 is 1.77 bits per heavy atom. The molecule has 0 aliphatic heterocycles. The molecule has 1 amide bonds. The third kappa shape index (κ3) is 3.65. The number of nitrogens with zero attached hydrogens (tertiary/aromatic N) is 3. The second-order valence-corrected chi connectivity index (χ2v) is 7.88. The van der Waals surface area contributed by atoms with E-state index in [-0.39, 0.29) is 23.6 Å². The van der Waals surface area contributed by atoms with Crippen LogP contribution in [0.3, 0.4) is 0 Å². The van der Waals surface area contributed by atoms with E-state index in [1.54, 1.807) is 25.8 Å². The minimum Gasteiger partial charge on any atom is -0.448 e. The minimum atomic E-state index is -0.910. The molecule has 0 bridgehead atoms. The molecule has 1 atom stereocenters. The number of hydrogen-bond acceptors (Lipinski definition) is 6. The van der Waals surface area contributed by atoms with Crippen molar-refractivity contribution in [2.75, 3.05) is 0 Å². The summed E-state index contributed by atoms with van der Waals surface area (Å²) in [4.78, 5) is 44.2. The van der Waals surface area contributed by atoms with Gasteiger partial charge in [0, 0.05) is 19.1 Å². The quantitative estimate of drug-likeness (QED) is 0.746. The fourth-order valence-electron chi connectivity index (χ4n) is 2.98. The first kappa shape index (κ1) is 20.1. The molecule has 2 heterocycles. The fraction of sp³-hybridized carbons (Fsp3) is 0.556. The number of fused-ring (bicyclic) bond motifs is 1. The Hall–Kier alpha value is -2.22. The Labute approximate surface area is 156 Å². The number of esters is 1. The van der Waals surface area contributed by atoms with Crippen LogP contribution in [0.2, 0.25) is 0 Å². The van der Waals surface area contributed by atoms with Gasteiger partial charge in [0.2, 0.25) is 0 Å². The van der Waals surface area contributed by atoms with Crippen molar-refractivity contribution in [3.8, 4) is 0 Å². The first-order valence-corrected chi connectivity index (χ1v) is 9.35. The molecule has 1 unspecified atom stereocenters. The summed E-state index contributed by atoms with van der Waals surface area (Å²) in [5, 5.41) is 0.414. The molecule has 0 spiro atoms. The van der Waals surface area contributed by atoms with Gasteiger partial charge in [0.1, 0.15) is 9.71 Å². The van der Waals surface area contributed by atoms with Crippen molar-refractivity contribution in [3.05, 3.63) is 27.1 Å². The largest absolute Gasteiger partial charge is 0.448 e. The van der Waals surface area contributed by atoms with Gasteiger partial charge in [0.25, 0.3) is 11.5 Å². The summed E-state index contributed by atoms with van der Waals surface area (Å²) in [7, 11) is 1.61. The molecule has 2 aromatic heterocycles. The van der Waals surface area contributed by atoms with Crippen LogP contribution in [-0.2, 0) is 16.6 Å². The van der Waals surface area contributed by atoms with Gasteiger partial charge < -0.3 is 14.2 Å². The monoisotopic (exact) mass is 379 g/mol. The molecule has 0 aliphatic rings. The average Bonchev–Trinajstić information content (AvgIpc) is 2.87. The molecule has 0 saturated heterocycles. The molecule has 0 aromatic carbocycles. The Balaban J connectivity index is 2.29. The zero-order valence-corrected chi connectivity index (χ0v) is 17.0. The summed E-state index contributed by atoms with van der Waals surface area (Å²) in [6.07, 6.45) is 0.512. The van der Waals surface area contributed by atoms with Crippen molar-refractivity contribution >= 4 is 33.4 Å². The van der Waals surface area contributed by atoms with Crippen LogP contribution < -0.4 is 5.56 Å². The second kappa shape index (κ2) is 7.57. The predicted octanol–water partition coefficient (Wildman–Crippen LogP) is 2.49. The maximum atomic E-state index is 12.6. The van der Waals surface area contributed by atoms with Crippen molar-refractivity contribution in [3.63, 3.8) is 0 Å². The molecule has 0 aliphatic carbocycles. The van der Waals surface area contributed by atoms with E-state index in [1.807, 2.05) is 27.7 Å². The Morgan fingerprint density at radius 1 is 1.19 bits per heavy atom. The molecule has 7 nitrogen and oxygen atoms in total. The van der Waals surface area contributed by atoms with Gasteiger partial charge in [-0.3, -0.25) is 9.59 Å². The van der Waals surface area contributed by atoms with Crippen molar-refractivity contribution in [1.82, 2.24) is 14.5 Å². The van der Waals surface area contributed by atoms with Crippen molar-refractivity contribution in [1.29, 1.82) is 0 Å². The van der Waals surface area contributed by atoms with E-state index in [0.29, 0.717) is 20.7 Å². The van der Waals surface area contributed by atoms with E-state index in [9.17, 15) is 14.4 Å². The Bertz CT molecular complexity index is 890. The Morgan fingerprint density at radius 3 is 2.31 bits per heavy atom. The lowest BCUT2D eigenvalue weighted by Gasteiger charge is -2.32. The number of thiophene rings is 1. The number of carbonyl (C=O) groups excluding carboxylic acids is 2. The second-order valence-electron chi connectivity index (χ2n) is 6.88. The van der Waals surface area contributed by atoms with Crippen molar-refractivity contribution in [2.45, 2.75) is 59.7 Å². The van der Waals surface area contributed by atoms with Crippen LogP contribution in [-0.4, -0.2) is 44.5 Å². The van der Waals surface area contributed by atoms with Crippen LogP contribution in [0.25, 0.3) is 10.2 Å². The smallest absolute Gasteiger partial charge is 0.349 e. The number of hydrogen-bond donors (Lipinski definition) is 0. The normalized spacial score (nSPS) is 12.7. The molecule has 0 radical (unpaired) electrons. The van der Waals surface area contributed by atoms with Gasteiger partial charge in [-0.15, -0.1) is 11.3 Å². The number of aryl methyl sites for hydroxylation is 2. The molecule has 2 rings (SSSR count). The van der Waals surface area contributed by atoms with Crippen LogP contribution in [0.5, 0.6) is 0 Å². The van der Waals surface area contributed by atoms with Gasteiger partial charge in [0.05, 0.1) is 11.7 Å². The molecule has 142 valence electrons. The maximum absolute atomic E-state index is 12.6. The van der Waals surface area contributed by atoms with E-state index < -0.39 is 12.1 Å². The highest BCUT2D eigenvalue weighted by molar-refractivity contribution is 7.20. The third-order valence-corrected chi connectivity index (χ3v) is 5.37. The summed E-state index contributed by atoms with van der Waals surface area (Å²) >= 11 is 1.11. The lowest BCUT2D eigenvalue weighted by Crippen LogP contribution is -2.47. The lowest BCUT2D eigenvalue weighted by atomic mass is 10.2. The van der Waals surface area contributed by atoms with Crippen LogP contribution in [0.1, 0.15) is 49.9 Å². The van der Waals surface area contributed by atoms with E-state index in [1.165, 1.54) is 10.9 Å². The summed E-state index contributed by atoms with van der Waals surface area (Å²) in [6.45, 7) is 10.9. The first-order valence-electron chi connectivity index (χ1n) is 8.54. The van der Waals surface area contributed by atoms with Gasteiger partial charge >= 0.3 is 5.97 Å². The molecule has 0 fully saturated rings. The summed E-state index contributed by atoms with van der Waals surface area (Å²) in [5.41, 5.74) is 0.325. The predicted molar refractivity (Wildman–Crippen MR) is 102 cm³/mol. The zero-order chi connectivity index (χ0) is 19.8. The van der Waals surface area contributed by atoms with Crippen LogP contribution >= 0.6 is 11.3 Å². The molecule has 8 heteroatoms. The fourth-order valence-corrected chi connectivity index (χ4v) is 4.01. The Kier molecular flexibility index (Phi) is 5.85. The lowest BCUT2D eigenvalue weighted by molar-refractivity contribution is -0.143. The average molecular weight is 379 g/mol.